The number of carbonyl (C=O) groups excluding carboxylic acids is 3. The normalized spacial score (nSPS) is 14.0. The Labute approximate surface area is 102 Å². The molecule has 0 aliphatic carbocycles. The highest BCUT2D eigenvalue weighted by atomic mass is 16.7. The standard InChI is InChI=1S/C10H8N2O4.H4N2/c13-8-3-4-9(14)12(8)16-10(15)7-2-1-5-11-6-7;1-2/h1-2,5-6H,3-4H2;1-2H2. The number of hydrazine groups is 1. The molecule has 2 amide bonds. The van der Waals surface area contributed by atoms with Gasteiger partial charge in [-0.3, -0.25) is 26.3 Å². The fraction of sp³-hybridized carbons (Fsp3) is 0.200. The van der Waals surface area contributed by atoms with Gasteiger partial charge in [-0.05, 0) is 12.1 Å². The molecule has 1 aliphatic heterocycles. The topological polar surface area (TPSA) is 129 Å². The number of rotatable bonds is 2. The lowest BCUT2D eigenvalue weighted by molar-refractivity contribution is -0.172. The van der Waals surface area contributed by atoms with Gasteiger partial charge in [0.15, 0.2) is 0 Å². The molecule has 8 heteroatoms. The van der Waals surface area contributed by atoms with Crippen molar-refractivity contribution >= 4 is 17.8 Å². The third-order valence-corrected chi connectivity index (χ3v) is 2.08. The van der Waals surface area contributed by atoms with E-state index in [1.807, 2.05) is 0 Å². The van der Waals surface area contributed by atoms with Crippen molar-refractivity contribution in [3.63, 3.8) is 0 Å². The highest BCUT2D eigenvalue weighted by molar-refractivity contribution is 6.02. The van der Waals surface area contributed by atoms with E-state index >= 15 is 0 Å². The Bertz CT molecular complexity index is 432. The summed E-state index contributed by atoms with van der Waals surface area (Å²) in [6.45, 7) is 0. The number of hydrogen-bond acceptors (Lipinski definition) is 7. The molecule has 0 bridgehead atoms. The number of amides is 2. The van der Waals surface area contributed by atoms with Crippen LogP contribution in [0.3, 0.4) is 0 Å². The van der Waals surface area contributed by atoms with Gasteiger partial charge in [-0.15, -0.1) is 5.06 Å². The van der Waals surface area contributed by atoms with Crippen LogP contribution in [0.25, 0.3) is 0 Å². The summed E-state index contributed by atoms with van der Waals surface area (Å²) in [6.07, 6.45) is 2.97. The van der Waals surface area contributed by atoms with Crippen LogP contribution in [0.15, 0.2) is 24.5 Å². The van der Waals surface area contributed by atoms with Gasteiger partial charge < -0.3 is 4.84 Å². The number of hydrogen-bond donors (Lipinski definition) is 2. The fourth-order valence-corrected chi connectivity index (χ4v) is 1.28. The minimum Gasteiger partial charge on any atom is -0.325 e. The Morgan fingerprint density at radius 3 is 2.39 bits per heavy atom. The average molecular weight is 252 g/mol. The van der Waals surface area contributed by atoms with Gasteiger partial charge in [-0.1, -0.05) is 0 Å². The summed E-state index contributed by atoms with van der Waals surface area (Å²) in [6, 6.07) is 3.05. The lowest BCUT2D eigenvalue weighted by atomic mass is 10.3. The number of pyridine rings is 1. The number of nitrogens with zero attached hydrogens (tertiary/aromatic N) is 2. The molecule has 1 aromatic rings. The van der Waals surface area contributed by atoms with Crippen molar-refractivity contribution in [2.75, 3.05) is 0 Å². The average Bonchev–Trinajstić information content (AvgIpc) is 2.74. The lowest BCUT2D eigenvalue weighted by Crippen LogP contribution is -2.32. The van der Waals surface area contributed by atoms with E-state index in [2.05, 4.69) is 21.5 Å². The molecule has 0 atom stereocenters. The van der Waals surface area contributed by atoms with E-state index in [9.17, 15) is 14.4 Å². The molecule has 1 saturated heterocycles. The molecular formula is C10H12N4O4. The van der Waals surface area contributed by atoms with Crippen molar-refractivity contribution < 1.29 is 19.2 Å². The van der Waals surface area contributed by atoms with Crippen LogP contribution in [0.1, 0.15) is 23.2 Å². The number of imide groups is 1. The van der Waals surface area contributed by atoms with Gasteiger partial charge in [0.05, 0.1) is 5.56 Å². The maximum atomic E-state index is 11.5. The molecule has 0 aromatic carbocycles. The zero-order chi connectivity index (χ0) is 13.5. The van der Waals surface area contributed by atoms with Crippen molar-refractivity contribution in [2.45, 2.75) is 12.8 Å². The summed E-state index contributed by atoms with van der Waals surface area (Å²) in [5.74, 6) is 6.24. The smallest absolute Gasteiger partial charge is 0.325 e. The SMILES string of the molecule is NN.O=C(ON1C(=O)CCC1=O)c1cccnc1. The number of aromatic nitrogens is 1. The van der Waals surface area contributed by atoms with Crippen LogP contribution < -0.4 is 11.7 Å². The molecule has 1 aromatic heterocycles. The highest BCUT2D eigenvalue weighted by Gasteiger charge is 2.33. The van der Waals surface area contributed by atoms with Crippen LogP contribution in [0, 0.1) is 0 Å². The number of hydroxylamine groups is 2. The van der Waals surface area contributed by atoms with Crippen molar-refractivity contribution in [3.05, 3.63) is 30.1 Å². The van der Waals surface area contributed by atoms with Crippen molar-refractivity contribution in [2.24, 2.45) is 11.7 Å². The van der Waals surface area contributed by atoms with Gasteiger partial charge in [-0.25, -0.2) is 4.79 Å². The Kier molecular flexibility index (Phi) is 4.90. The molecule has 96 valence electrons. The first-order chi connectivity index (χ1) is 8.68. The van der Waals surface area contributed by atoms with Crippen LogP contribution in [0.4, 0.5) is 0 Å². The second-order valence-electron chi connectivity index (χ2n) is 3.20. The highest BCUT2D eigenvalue weighted by Crippen LogP contribution is 2.13. The van der Waals surface area contributed by atoms with Crippen LogP contribution in [0.5, 0.6) is 0 Å². The third kappa shape index (κ3) is 3.09. The first-order valence-electron chi connectivity index (χ1n) is 5.00. The van der Waals surface area contributed by atoms with Crippen molar-refractivity contribution in [1.82, 2.24) is 10.0 Å². The summed E-state index contributed by atoms with van der Waals surface area (Å²) >= 11 is 0. The maximum Gasteiger partial charge on any atom is 0.365 e. The molecular weight excluding hydrogens is 240 g/mol. The second kappa shape index (κ2) is 6.42. The van der Waals surface area contributed by atoms with Gasteiger partial charge in [0.25, 0.3) is 11.8 Å². The van der Waals surface area contributed by atoms with Crippen LogP contribution in [0.2, 0.25) is 0 Å². The summed E-state index contributed by atoms with van der Waals surface area (Å²) in [7, 11) is 0. The zero-order valence-corrected chi connectivity index (χ0v) is 9.41. The van der Waals surface area contributed by atoms with Gasteiger partial charge in [0.1, 0.15) is 0 Å². The molecule has 18 heavy (non-hydrogen) atoms. The van der Waals surface area contributed by atoms with Crippen molar-refractivity contribution in [3.8, 4) is 0 Å². The van der Waals surface area contributed by atoms with E-state index in [1.165, 1.54) is 18.5 Å². The molecule has 8 nitrogen and oxygen atoms in total. The fourth-order valence-electron chi connectivity index (χ4n) is 1.28. The van der Waals surface area contributed by atoms with E-state index in [-0.39, 0.29) is 18.4 Å². The lowest BCUT2D eigenvalue weighted by Gasteiger charge is -2.11. The summed E-state index contributed by atoms with van der Waals surface area (Å²) in [5.41, 5.74) is 0.190. The third-order valence-electron chi connectivity index (χ3n) is 2.08. The van der Waals surface area contributed by atoms with Crippen LogP contribution in [-0.2, 0) is 14.4 Å². The predicted octanol–water partition coefficient (Wildman–Crippen LogP) is -0.879. The largest absolute Gasteiger partial charge is 0.365 e. The molecule has 0 radical (unpaired) electrons. The monoisotopic (exact) mass is 252 g/mol. The van der Waals surface area contributed by atoms with E-state index in [4.69, 9.17) is 0 Å². The van der Waals surface area contributed by atoms with Gasteiger partial charge in [-0.2, -0.15) is 0 Å². The molecule has 0 spiro atoms. The van der Waals surface area contributed by atoms with E-state index < -0.39 is 17.8 Å². The van der Waals surface area contributed by atoms with Gasteiger partial charge >= 0.3 is 5.97 Å². The van der Waals surface area contributed by atoms with Crippen molar-refractivity contribution in [1.29, 1.82) is 0 Å². The Hall–Kier alpha value is -2.32. The second-order valence-corrected chi connectivity index (χ2v) is 3.20. The maximum absolute atomic E-state index is 11.5. The van der Waals surface area contributed by atoms with Crippen LogP contribution in [-0.4, -0.2) is 27.8 Å². The quantitative estimate of drug-likeness (QED) is 0.397. The minimum atomic E-state index is -0.767. The summed E-state index contributed by atoms with van der Waals surface area (Å²) in [5, 5.41) is 0.509. The molecule has 2 rings (SSSR count). The first-order valence-corrected chi connectivity index (χ1v) is 5.00. The molecule has 0 unspecified atom stereocenters. The zero-order valence-electron chi connectivity index (χ0n) is 9.41. The summed E-state index contributed by atoms with van der Waals surface area (Å²) in [4.78, 5) is 42.2. The minimum absolute atomic E-state index is 0.0825. The molecule has 0 saturated carbocycles. The predicted molar refractivity (Wildman–Crippen MR) is 59.1 cm³/mol. The van der Waals surface area contributed by atoms with E-state index in [0.29, 0.717) is 5.06 Å². The molecule has 2 heterocycles. The Morgan fingerprint density at radius 2 is 1.89 bits per heavy atom. The van der Waals surface area contributed by atoms with E-state index in [0.717, 1.165) is 0 Å². The van der Waals surface area contributed by atoms with Gasteiger partial charge in [0, 0.05) is 25.2 Å². The van der Waals surface area contributed by atoms with Gasteiger partial charge in [0.2, 0.25) is 0 Å². The number of carbonyl (C=O) groups is 3. The Morgan fingerprint density at radius 1 is 1.28 bits per heavy atom. The van der Waals surface area contributed by atoms with Crippen LogP contribution >= 0.6 is 0 Å². The summed E-state index contributed by atoms with van der Waals surface area (Å²) < 4.78 is 0. The first kappa shape index (κ1) is 13.7. The molecule has 1 aliphatic rings. The molecule has 4 N–H and O–H groups in total. The molecule has 1 fully saturated rings. The van der Waals surface area contributed by atoms with E-state index in [1.54, 1.807) is 6.07 Å². The number of nitrogens with two attached hydrogens (primary N) is 2. The Balaban J connectivity index is 0.000000771.